The molecule has 0 fully saturated rings. The predicted octanol–water partition coefficient (Wildman–Crippen LogP) is 5.44. The summed E-state index contributed by atoms with van der Waals surface area (Å²) in [6.45, 7) is 3.90. The fourth-order valence-corrected chi connectivity index (χ4v) is 3.10. The van der Waals surface area contributed by atoms with Gasteiger partial charge in [-0.15, -0.1) is 0 Å². The zero-order chi connectivity index (χ0) is 20.4. The monoisotopic (exact) mass is 388 g/mol. The minimum atomic E-state index is -0.346. The molecule has 0 radical (unpaired) electrons. The Morgan fingerprint density at radius 2 is 1.76 bits per heavy atom. The number of hydrogen-bond donors (Lipinski definition) is 0. The van der Waals surface area contributed by atoms with Gasteiger partial charge in [0, 0.05) is 5.56 Å². The highest BCUT2D eigenvalue weighted by Gasteiger charge is 2.20. The van der Waals surface area contributed by atoms with Gasteiger partial charge in [-0.05, 0) is 35.7 Å². The predicted molar refractivity (Wildman–Crippen MR) is 111 cm³/mol. The minimum Gasteiger partial charge on any atom is -0.478 e. The van der Waals surface area contributed by atoms with E-state index < -0.39 is 0 Å². The summed E-state index contributed by atoms with van der Waals surface area (Å²) in [5, 5.41) is 0.381. The quantitative estimate of drug-likeness (QED) is 0.412. The van der Waals surface area contributed by atoms with Crippen LogP contribution in [0, 0.1) is 0 Å². The van der Waals surface area contributed by atoms with Crippen LogP contribution in [0.15, 0.2) is 80.6 Å². The molecule has 0 bridgehead atoms. The second-order valence-electron chi connectivity index (χ2n) is 7.05. The van der Waals surface area contributed by atoms with Crippen molar-refractivity contribution in [3.63, 3.8) is 0 Å². The van der Waals surface area contributed by atoms with Gasteiger partial charge in [0.2, 0.25) is 16.9 Å². The number of carbonyl (C=O) groups excluding carboxylic acids is 1. The lowest BCUT2D eigenvalue weighted by molar-refractivity contribution is 0.0920. The van der Waals surface area contributed by atoms with Crippen LogP contribution in [0.1, 0.15) is 35.7 Å². The average molecular weight is 388 g/mol. The van der Waals surface area contributed by atoms with Crippen molar-refractivity contribution >= 4 is 16.8 Å². The summed E-state index contributed by atoms with van der Waals surface area (Å²) < 4.78 is 16.9. The lowest BCUT2D eigenvalue weighted by Crippen LogP contribution is -2.17. The molecule has 0 aliphatic heterocycles. The summed E-state index contributed by atoms with van der Waals surface area (Å²) >= 11 is 0. The number of Topliss-reactive ketones (excluding diaryl/α,β-unsaturated/α-hetero) is 1. The zero-order valence-corrected chi connectivity index (χ0v) is 16.2. The maximum absolute atomic E-state index is 13.0. The van der Waals surface area contributed by atoms with E-state index in [1.807, 2.05) is 12.1 Å². The van der Waals surface area contributed by atoms with Crippen molar-refractivity contribution < 1.29 is 18.4 Å². The molecule has 0 spiro atoms. The highest BCUT2D eigenvalue weighted by atomic mass is 16.5. The first-order chi connectivity index (χ1) is 14.0. The van der Waals surface area contributed by atoms with Gasteiger partial charge >= 0.3 is 0 Å². The summed E-state index contributed by atoms with van der Waals surface area (Å²) in [5.41, 5.74) is 1.75. The number of carbonyl (C=O) groups is 1. The molecular weight excluding hydrogens is 368 g/mol. The third kappa shape index (κ3) is 3.72. The molecule has 0 aliphatic rings. The number of hydrogen-bond acceptors (Lipinski definition) is 5. The van der Waals surface area contributed by atoms with Crippen LogP contribution in [0.2, 0.25) is 0 Å². The Hall–Kier alpha value is -3.60. The Balaban J connectivity index is 1.66. The lowest BCUT2D eigenvalue weighted by Gasteiger charge is -2.10. The summed E-state index contributed by atoms with van der Waals surface area (Å²) in [6, 6.07) is 17.7. The third-order valence-corrected chi connectivity index (χ3v) is 4.75. The van der Waals surface area contributed by atoms with Crippen molar-refractivity contribution in [2.75, 3.05) is 6.61 Å². The van der Waals surface area contributed by atoms with Crippen molar-refractivity contribution in [3.05, 3.63) is 88.3 Å². The largest absolute Gasteiger partial charge is 0.478 e. The van der Waals surface area contributed by atoms with Crippen molar-refractivity contribution in [2.24, 2.45) is 0 Å². The van der Waals surface area contributed by atoms with Crippen molar-refractivity contribution in [2.45, 2.75) is 19.8 Å². The topological polar surface area (TPSA) is 69.7 Å². The van der Waals surface area contributed by atoms with Crippen LogP contribution in [-0.4, -0.2) is 12.4 Å². The normalized spacial score (nSPS) is 11.1. The molecule has 0 amide bonds. The molecule has 5 heteroatoms. The second kappa shape index (κ2) is 7.80. The molecule has 29 heavy (non-hydrogen) atoms. The SMILES string of the molecule is CC(C)c1ccc(C(=O)COc2c(-c3ccco3)oc3ccccc3c2=O)cc1. The fraction of sp³-hybridized carbons (Fsp3) is 0.167. The lowest BCUT2D eigenvalue weighted by atomic mass is 10.0. The zero-order valence-electron chi connectivity index (χ0n) is 16.2. The van der Waals surface area contributed by atoms with Gasteiger partial charge < -0.3 is 13.6 Å². The summed E-state index contributed by atoms with van der Waals surface area (Å²) in [4.78, 5) is 25.6. The van der Waals surface area contributed by atoms with Gasteiger partial charge in [0.15, 0.2) is 18.2 Å². The van der Waals surface area contributed by atoms with Gasteiger partial charge in [-0.1, -0.05) is 50.2 Å². The van der Waals surface area contributed by atoms with E-state index in [1.165, 1.54) is 6.26 Å². The Morgan fingerprint density at radius 1 is 1.00 bits per heavy atom. The van der Waals surface area contributed by atoms with Gasteiger partial charge in [0.25, 0.3) is 0 Å². The van der Waals surface area contributed by atoms with E-state index in [0.29, 0.717) is 28.2 Å². The summed E-state index contributed by atoms with van der Waals surface area (Å²) in [6.07, 6.45) is 1.48. The van der Waals surface area contributed by atoms with E-state index in [9.17, 15) is 9.59 Å². The smallest absolute Gasteiger partial charge is 0.235 e. The van der Waals surface area contributed by atoms with Crippen molar-refractivity contribution in [1.82, 2.24) is 0 Å². The molecule has 0 aliphatic carbocycles. The maximum Gasteiger partial charge on any atom is 0.235 e. The van der Waals surface area contributed by atoms with E-state index in [1.54, 1.807) is 48.5 Å². The first-order valence-electron chi connectivity index (χ1n) is 9.40. The van der Waals surface area contributed by atoms with Gasteiger partial charge in [0.1, 0.15) is 5.58 Å². The number of ketones is 1. The molecule has 0 saturated carbocycles. The van der Waals surface area contributed by atoms with Crippen LogP contribution in [-0.2, 0) is 0 Å². The van der Waals surface area contributed by atoms with E-state index in [4.69, 9.17) is 13.6 Å². The molecule has 4 aromatic rings. The van der Waals surface area contributed by atoms with E-state index in [0.717, 1.165) is 5.56 Å². The highest BCUT2D eigenvalue weighted by Crippen LogP contribution is 2.31. The molecule has 2 aromatic heterocycles. The summed E-state index contributed by atoms with van der Waals surface area (Å²) in [5.74, 6) is 0.649. The Morgan fingerprint density at radius 3 is 2.45 bits per heavy atom. The summed E-state index contributed by atoms with van der Waals surface area (Å²) in [7, 11) is 0. The van der Waals surface area contributed by atoms with Gasteiger partial charge in [-0.2, -0.15) is 0 Å². The van der Waals surface area contributed by atoms with Crippen LogP contribution in [0.25, 0.3) is 22.5 Å². The third-order valence-electron chi connectivity index (χ3n) is 4.75. The van der Waals surface area contributed by atoms with E-state index in [2.05, 4.69) is 13.8 Å². The van der Waals surface area contributed by atoms with Gasteiger partial charge in [0.05, 0.1) is 11.6 Å². The molecule has 146 valence electrons. The molecule has 2 heterocycles. The Labute approximate surface area is 167 Å². The van der Waals surface area contributed by atoms with E-state index >= 15 is 0 Å². The van der Waals surface area contributed by atoms with Crippen LogP contribution >= 0.6 is 0 Å². The Kier molecular flexibility index (Phi) is 5.04. The molecule has 2 aromatic carbocycles. The van der Waals surface area contributed by atoms with Crippen LogP contribution in [0.3, 0.4) is 0 Å². The number of furan rings is 1. The minimum absolute atomic E-state index is 0.0363. The van der Waals surface area contributed by atoms with Crippen molar-refractivity contribution in [1.29, 1.82) is 0 Å². The highest BCUT2D eigenvalue weighted by molar-refractivity contribution is 5.97. The number of benzene rings is 2. The molecule has 0 N–H and O–H groups in total. The Bertz CT molecular complexity index is 1200. The molecular formula is C24H20O5. The number of fused-ring (bicyclic) bond motifs is 1. The van der Waals surface area contributed by atoms with Crippen LogP contribution < -0.4 is 10.2 Å². The first kappa shape index (κ1) is 18.7. The van der Waals surface area contributed by atoms with Gasteiger partial charge in [-0.3, -0.25) is 9.59 Å². The number of rotatable bonds is 6. The standard InChI is InChI=1S/C24H20O5/c1-15(2)16-9-11-17(12-10-16)19(25)14-28-24-22(26)18-6-3-4-7-20(18)29-23(24)21-8-5-13-27-21/h3-13,15H,14H2,1-2H3. The first-order valence-corrected chi connectivity index (χ1v) is 9.40. The molecule has 0 atom stereocenters. The molecule has 5 nitrogen and oxygen atoms in total. The van der Waals surface area contributed by atoms with Crippen LogP contribution in [0.5, 0.6) is 5.75 Å². The fourth-order valence-electron chi connectivity index (χ4n) is 3.10. The second-order valence-corrected chi connectivity index (χ2v) is 7.05. The van der Waals surface area contributed by atoms with Gasteiger partial charge in [-0.25, -0.2) is 0 Å². The van der Waals surface area contributed by atoms with Crippen LogP contribution in [0.4, 0.5) is 0 Å². The molecule has 4 rings (SSSR count). The maximum atomic E-state index is 13.0. The van der Waals surface area contributed by atoms with Crippen molar-refractivity contribution in [3.8, 4) is 17.3 Å². The number of para-hydroxylation sites is 1. The molecule has 0 saturated heterocycles. The number of ether oxygens (including phenoxy) is 1. The van der Waals surface area contributed by atoms with E-state index in [-0.39, 0.29) is 29.3 Å². The molecule has 0 unspecified atom stereocenters. The average Bonchev–Trinajstić information content (AvgIpc) is 3.27.